The molecule has 4 nitrogen and oxygen atoms in total. The number of hydrogen-bond acceptors (Lipinski definition) is 4. The molecule has 0 radical (unpaired) electrons. The van der Waals surface area contributed by atoms with Gasteiger partial charge < -0.3 is 19.9 Å². The zero-order chi connectivity index (χ0) is 15.7. The lowest BCUT2D eigenvalue weighted by Crippen LogP contribution is -2.37. The molecule has 120 valence electrons. The highest BCUT2D eigenvalue weighted by molar-refractivity contribution is 5.53. The topological polar surface area (TPSA) is 53.7 Å². The third kappa shape index (κ3) is 2.56. The molecule has 0 saturated heterocycles. The first-order chi connectivity index (χ1) is 10.7. The fraction of sp³-hybridized carbons (Fsp3) is 0.556. The van der Waals surface area contributed by atoms with E-state index in [0.717, 1.165) is 42.9 Å². The third-order valence-corrected chi connectivity index (χ3v) is 4.69. The highest BCUT2D eigenvalue weighted by Crippen LogP contribution is 2.45. The number of ether oxygens (including phenoxy) is 3. The van der Waals surface area contributed by atoms with E-state index in [0.29, 0.717) is 5.92 Å². The molecule has 0 saturated carbocycles. The Morgan fingerprint density at radius 1 is 1.36 bits per heavy atom. The number of fused-ring (bicyclic) bond motifs is 1. The highest BCUT2D eigenvalue weighted by atomic mass is 16.5. The molecule has 1 aliphatic heterocycles. The van der Waals surface area contributed by atoms with Gasteiger partial charge in [-0.3, -0.25) is 0 Å². The molecule has 1 aromatic carbocycles. The van der Waals surface area contributed by atoms with Crippen molar-refractivity contribution in [2.75, 3.05) is 14.2 Å². The van der Waals surface area contributed by atoms with Gasteiger partial charge in [0.1, 0.15) is 5.76 Å². The van der Waals surface area contributed by atoms with Crippen LogP contribution in [0, 0.1) is 5.92 Å². The van der Waals surface area contributed by atoms with E-state index in [2.05, 4.69) is 19.1 Å². The van der Waals surface area contributed by atoms with Gasteiger partial charge in [0.25, 0.3) is 0 Å². The van der Waals surface area contributed by atoms with Crippen LogP contribution in [0.1, 0.15) is 30.9 Å². The first-order valence-electron chi connectivity index (χ1n) is 8.02. The molecule has 4 heteroatoms. The minimum Gasteiger partial charge on any atom is -0.497 e. The lowest BCUT2D eigenvalue weighted by molar-refractivity contribution is 0.0768. The molecule has 0 amide bonds. The number of rotatable bonds is 4. The third-order valence-electron chi connectivity index (χ3n) is 4.69. The van der Waals surface area contributed by atoms with Gasteiger partial charge in [-0.15, -0.1) is 0 Å². The Kier molecular flexibility index (Phi) is 4.30. The molecule has 2 aliphatic rings. The molecule has 1 aromatic rings. The maximum Gasteiger partial charge on any atom is 0.165 e. The fourth-order valence-corrected chi connectivity index (χ4v) is 3.71. The lowest BCUT2D eigenvalue weighted by atomic mass is 9.86. The van der Waals surface area contributed by atoms with Crippen LogP contribution in [-0.4, -0.2) is 26.4 Å². The van der Waals surface area contributed by atoms with Crippen LogP contribution < -0.4 is 15.2 Å². The normalized spacial score (nSPS) is 26.9. The van der Waals surface area contributed by atoms with Crippen LogP contribution in [0.2, 0.25) is 0 Å². The van der Waals surface area contributed by atoms with Crippen molar-refractivity contribution in [3.05, 3.63) is 35.1 Å². The summed E-state index contributed by atoms with van der Waals surface area (Å²) in [5.41, 5.74) is 8.90. The van der Waals surface area contributed by atoms with Crippen LogP contribution in [0.15, 0.2) is 24.0 Å². The summed E-state index contributed by atoms with van der Waals surface area (Å²) < 4.78 is 17.5. The van der Waals surface area contributed by atoms with Gasteiger partial charge in [-0.25, -0.2) is 0 Å². The highest BCUT2D eigenvalue weighted by Gasteiger charge is 2.39. The molecule has 2 bridgehead atoms. The molecule has 22 heavy (non-hydrogen) atoms. The summed E-state index contributed by atoms with van der Waals surface area (Å²) in [4.78, 5) is 0. The number of nitrogens with two attached hydrogens (primary N) is 1. The largest absolute Gasteiger partial charge is 0.497 e. The summed E-state index contributed by atoms with van der Waals surface area (Å²) in [5, 5.41) is 0. The van der Waals surface area contributed by atoms with E-state index in [1.165, 1.54) is 11.1 Å². The second kappa shape index (κ2) is 6.21. The van der Waals surface area contributed by atoms with Crippen LogP contribution >= 0.6 is 0 Å². The van der Waals surface area contributed by atoms with E-state index in [9.17, 15) is 0 Å². The Hall–Kier alpha value is -1.68. The van der Waals surface area contributed by atoms with Crippen molar-refractivity contribution in [2.45, 2.75) is 44.8 Å². The van der Waals surface area contributed by atoms with Crippen molar-refractivity contribution in [1.82, 2.24) is 0 Å². The van der Waals surface area contributed by atoms with Crippen LogP contribution in [0.3, 0.4) is 0 Å². The summed E-state index contributed by atoms with van der Waals surface area (Å²) >= 11 is 0. The maximum absolute atomic E-state index is 6.36. The SMILES string of the molecule is CC/C=C(/OC)C1Oc2c(OC)ccc3c2CC1CC(N)C3. The van der Waals surface area contributed by atoms with Crippen LogP contribution in [0.4, 0.5) is 0 Å². The van der Waals surface area contributed by atoms with Gasteiger partial charge in [0, 0.05) is 17.5 Å². The Morgan fingerprint density at radius 2 is 2.18 bits per heavy atom. The van der Waals surface area contributed by atoms with E-state index in [1.54, 1.807) is 14.2 Å². The molecule has 2 N–H and O–H groups in total. The molecular formula is C18H25NO3. The van der Waals surface area contributed by atoms with Crippen LogP contribution in [0.5, 0.6) is 11.5 Å². The van der Waals surface area contributed by atoms with E-state index >= 15 is 0 Å². The Bertz CT molecular complexity index is 582. The second-order valence-corrected chi connectivity index (χ2v) is 6.16. The van der Waals surface area contributed by atoms with E-state index in [-0.39, 0.29) is 12.1 Å². The Morgan fingerprint density at radius 3 is 2.86 bits per heavy atom. The van der Waals surface area contributed by atoms with Gasteiger partial charge in [0.05, 0.1) is 14.2 Å². The van der Waals surface area contributed by atoms with Crippen molar-refractivity contribution >= 4 is 0 Å². The van der Waals surface area contributed by atoms with E-state index in [1.807, 2.05) is 6.07 Å². The predicted molar refractivity (Wildman–Crippen MR) is 86.3 cm³/mol. The first kappa shape index (κ1) is 15.2. The molecule has 3 rings (SSSR count). The van der Waals surface area contributed by atoms with Gasteiger partial charge in [-0.05, 0) is 43.4 Å². The van der Waals surface area contributed by atoms with Gasteiger partial charge in [0.15, 0.2) is 17.6 Å². The summed E-state index contributed by atoms with van der Waals surface area (Å²) in [6.45, 7) is 2.10. The van der Waals surface area contributed by atoms with Crippen LogP contribution in [0.25, 0.3) is 0 Å². The minimum absolute atomic E-state index is 0.0780. The van der Waals surface area contributed by atoms with Crippen molar-refractivity contribution in [1.29, 1.82) is 0 Å². The quantitative estimate of drug-likeness (QED) is 0.869. The summed E-state index contributed by atoms with van der Waals surface area (Å²) in [5.74, 6) is 2.92. The molecular weight excluding hydrogens is 278 g/mol. The molecule has 1 heterocycles. The molecule has 3 unspecified atom stereocenters. The van der Waals surface area contributed by atoms with Gasteiger partial charge >= 0.3 is 0 Å². The van der Waals surface area contributed by atoms with Crippen molar-refractivity contribution in [2.24, 2.45) is 11.7 Å². The standard InChI is InChI=1S/C18H25NO3/c1-4-5-15(20-2)17-12-9-13(19)8-11-6-7-16(21-3)18(22-17)14(11)10-12/h5-7,12-13,17H,4,8-10,19H2,1-3H3/b15-5+. The Labute approximate surface area is 132 Å². The summed E-state index contributed by atoms with van der Waals surface area (Å²) in [6.07, 6.45) is 5.77. The minimum atomic E-state index is -0.0780. The number of methoxy groups -OCH3 is 2. The first-order valence-corrected chi connectivity index (χ1v) is 8.02. The van der Waals surface area contributed by atoms with Gasteiger partial charge in [-0.1, -0.05) is 13.0 Å². The van der Waals surface area contributed by atoms with Gasteiger partial charge in [-0.2, -0.15) is 0 Å². The average Bonchev–Trinajstić information content (AvgIpc) is 2.67. The fourth-order valence-electron chi connectivity index (χ4n) is 3.71. The maximum atomic E-state index is 6.36. The average molecular weight is 303 g/mol. The van der Waals surface area contributed by atoms with Crippen molar-refractivity contribution < 1.29 is 14.2 Å². The summed E-state index contributed by atoms with van der Waals surface area (Å²) in [7, 11) is 3.40. The summed E-state index contributed by atoms with van der Waals surface area (Å²) in [6, 6.07) is 4.28. The zero-order valence-electron chi connectivity index (χ0n) is 13.6. The van der Waals surface area contributed by atoms with Crippen molar-refractivity contribution in [3.63, 3.8) is 0 Å². The smallest absolute Gasteiger partial charge is 0.165 e. The van der Waals surface area contributed by atoms with E-state index in [4.69, 9.17) is 19.9 Å². The molecule has 0 fully saturated rings. The molecule has 1 aliphatic carbocycles. The lowest BCUT2D eigenvalue weighted by Gasteiger charge is -2.34. The number of hydrogen-bond donors (Lipinski definition) is 1. The number of allylic oxidation sites excluding steroid dienone is 1. The van der Waals surface area contributed by atoms with Gasteiger partial charge in [0.2, 0.25) is 0 Å². The Balaban J connectivity index is 2.07. The molecule has 3 atom stereocenters. The van der Waals surface area contributed by atoms with E-state index < -0.39 is 0 Å². The monoisotopic (exact) mass is 303 g/mol. The zero-order valence-corrected chi connectivity index (χ0v) is 13.6. The van der Waals surface area contributed by atoms with Crippen molar-refractivity contribution in [3.8, 4) is 11.5 Å². The number of benzene rings is 1. The van der Waals surface area contributed by atoms with Crippen LogP contribution in [-0.2, 0) is 17.6 Å². The second-order valence-electron chi connectivity index (χ2n) is 6.16. The predicted octanol–water partition coefficient (Wildman–Crippen LogP) is 2.83. The molecule has 0 spiro atoms. The molecule has 0 aromatic heterocycles.